The Bertz CT molecular complexity index is 859. The van der Waals surface area contributed by atoms with Crippen molar-refractivity contribution < 1.29 is 19.1 Å². The van der Waals surface area contributed by atoms with E-state index in [0.29, 0.717) is 37.7 Å². The summed E-state index contributed by atoms with van der Waals surface area (Å²) < 4.78 is 12.2. The molecule has 2 aromatic rings. The highest BCUT2D eigenvalue weighted by Gasteiger charge is 2.39. The molecule has 0 saturated carbocycles. The minimum atomic E-state index is -0.458. The van der Waals surface area contributed by atoms with E-state index >= 15 is 0 Å². The predicted molar refractivity (Wildman–Crippen MR) is 114 cm³/mol. The molecule has 2 amide bonds. The molecule has 0 aromatic heterocycles. The van der Waals surface area contributed by atoms with Gasteiger partial charge >= 0.3 is 0 Å². The van der Waals surface area contributed by atoms with Crippen LogP contribution in [0.1, 0.15) is 25.0 Å². The Balaban J connectivity index is 1.78. The van der Waals surface area contributed by atoms with Gasteiger partial charge in [-0.25, -0.2) is 0 Å². The van der Waals surface area contributed by atoms with Gasteiger partial charge in [0.1, 0.15) is 11.5 Å². The van der Waals surface area contributed by atoms with Crippen molar-refractivity contribution in [1.29, 1.82) is 0 Å². The highest BCUT2D eigenvalue weighted by Crippen LogP contribution is 2.37. The summed E-state index contributed by atoms with van der Waals surface area (Å²) in [6, 6.07) is 13.3. The summed E-state index contributed by atoms with van der Waals surface area (Å²) in [5, 5.41) is -0.665. The van der Waals surface area contributed by atoms with Gasteiger partial charge in [0, 0.05) is 6.07 Å². The standard InChI is InChI=1S/C21H22BrNO4S/c1-3-26-17-12-18(27-4-2)16(22)10-15(17)11-19-20(24)23(21(25)28-19)13-14-8-6-5-7-9-14/h5-10,12,19H,3-4,11,13H2,1-2H3/t19-/m0/s1. The van der Waals surface area contributed by atoms with Gasteiger partial charge in [0.25, 0.3) is 5.24 Å². The van der Waals surface area contributed by atoms with Crippen LogP contribution in [-0.2, 0) is 17.8 Å². The van der Waals surface area contributed by atoms with Crippen molar-refractivity contribution in [1.82, 2.24) is 4.90 Å². The molecular weight excluding hydrogens is 442 g/mol. The molecule has 0 N–H and O–H groups in total. The van der Waals surface area contributed by atoms with E-state index in [1.807, 2.05) is 56.3 Å². The maximum Gasteiger partial charge on any atom is 0.289 e. The van der Waals surface area contributed by atoms with Crippen LogP contribution < -0.4 is 9.47 Å². The first kappa shape index (κ1) is 20.7. The summed E-state index contributed by atoms with van der Waals surface area (Å²) in [6.45, 7) is 5.18. The third-order valence-corrected chi connectivity index (χ3v) is 6.00. The molecule has 1 atom stereocenters. The van der Waals surface area contributed by atoms with E-state index in [9.17, 15) is 9.59 Å². The molecule has 1 heterocycles. The number of hydrogen-bond donors (Lipinski definition) is 0. The molecule has 1 saturated heterocycles. The summed E-state index contributed by atoms with van der Waals surface area (Å²) in [4.78, 5) is 26.6. The summed E-state index contributed by atoms with van der Waals surface area (Å²) in [5.74, 6) is 1.21. The second kappa shape index (κ2) is 9.47. The van der Waals surface area contributed by atoms with E-state index in [4.69, 9.17) is 9.47 Å². The van der Waals surface area contributed by atoms with Crippen LogP contribution in [-0.4, -0.2) is 34.5 Å². The molecule has 7 heteroatoms. The Hall–Kier alpha value is -1.99. The third-order valence-electron chi connectivity index (χ3n) is 4.31. The fourth-order valence-corrected chi connectivity index (χ4v) is 4.55. The maximum atomic E-state index is 12.9. The van der Waals surface area contributed by atoms with Crippen molar-refractivity contribution in [2.24, 2.45) is 0 Å². The summed E-state index contributed by atoms with van der Waals surface area (Å²) in [5.41, 5.74) is 1.81. The van der Waals surface area contributed by atoms with Crippen LogP contribution in [0.4, 0.5) is 4.79 Å². The van der Waals surface area contributed by atoms with Gasteiger partial charge in [0.2, 0.25) is 5.91 Å². The smallest absolute Gasteiger partial charge is 0.289 e. The Kier molecular flexibility index (Phi) is 7.02. The second-order valence-electron chi connectivity index (χ2n) is 6.24. The Morgan fingerprint density at radius 3 is 2.39 bits per heavy atom. The van der Waals surface area contributed by atoms with Crippen LogP contribution in [0.15, 0.2) is 46.9 Å². The van der Waals surface area contributed by atoms with E-state index in [-0.39, 0.29) is 11.1 Å². The molecule has 148 valence electrons. The lowest BCUT2D eigenvalue weighted by Gasteiger charge is -2.17. The van der Waals surface area contributed by atoms with Crippen LogP contribution >= 0.6 is 27.7 Å². The number of benzene rings is 2. The number of rotatable bonds is 8. The van der Waals surface area contributed by atoms with Gasteiger partial charge in [-0.05, 0) is 53.4 Å². The van der Waals surface area contributed by atoms with E-state index < -0.39 is 5.25 Å². The topological polar surface area (TPSA) is 55.8 Å². The second-order valence-corrected chi connectivity index (χ2v) is 8.25. The monoisotopic (exact) mass is 463 g/mol. The number of carbonyl (C=O) groups excluding carboxylic acids is 2. The van der Waals surface area contributed by atoms with Gasteiger partial charge in [-0.3, -0.25) is 14.5 Å². The fraction of sp³-hybridized carbons (Fsp3) is 0.333. The van der Waals surface area contributed by atoms with Crippen LogP contribution in [0.5, 0.6) is 11.5 Å². The van der Waals surface area contributed by atoms with Crippen LogP contribution in [0.25, 0.3) is 0 Å². The molecule has 0 bridgehead atoms. The molecule has 2 aromatic carbocycles. The SMILES string of the molecule is CCOc1cc(OCC)c(C[C@@H]2SC(=O)N(Cc3ccccc3)C2=O)cc1Br. The van der Waals surface area contributed by atoms with Crippen LogP contribution in [0, 0.1) is 0 Å². The number of carbonyl (C=O) groups is 2. The lowest BCUT2D eigenvalue weighted by molar-refractivity contribution is -0.127. The van der Waals surface area contributed by atoms with Crippen molar-refractivity contribution in [3.05, 3.63) is 58.1 Å². The number of nitrogens with zero attached hydrogens (tertiary/aromatic N) is 1. The zero-order valence-electron chi connectivity index (χ0n) is 15.8. The van der Waals surface area contributed by atoms with E-state index in [0.717, 1.165) is 27.4 Å². The average Bonchev–Trinajstić information content (AvgIpc) is 2.94. The zero-order chi connectivity index (χ0) is 20.1. The van der Waals surface area contributed by atoms with Crippen molar-refractivity contribution in [2.75, 3.05) is 13.2 Å². The summed E-state index contributed by atoms with van der Waals surface area (Å²) in [7, 11) is 0. The van der Waals surface area contributed by atoms with Crippen LogP contribution in [0.2, 0.25) is 0 Å². The first-order chi connectivity index (χ1) is 13.5. The maximum absolute atomic E-state index is 12.9. The number of halogens is 1. The normalized spacial score (nSPS) is 16.5. The van der Waals surface area contributed by atoms with Crippen molar-refractivity contribution >= 4 is 38.8 Å². The van der Waals surface area contributed by atoms with Crippen molar-refractivity contribution in [3.63, 3.8) is 0 Å². The van der Waals surface area contributed by atoms with Crippen molar-refractivity contribution in [2.45, 2.75) is 32.1 Å². The van der Waals surface area contributed by atoms with Gasteiger partial charge in [-0.2, -0.15) is 0 Å². The quantitative estimate of drug-likeness (QED) is 0.547. The first-order valence-corrected chi connectivity index (χ1v) is 10.8. The minimum Gasteiger partial charge on any atom is -0.493 e. The molecule has 28 heavy (non-hydrogen) atoms. The van der Waals surface area contributed by atoms with E-state index in [2.05, 4.69) is 15.9 Å². The van der Waals surface area contributed by atoms with Gasteiger partial charge < -0.3 is 9.47 Å². The highest BCUT2D eigenvalue weighted by atomic mass is 79.9. The molecule has 1 fully saturated rings. The van der Waals surface area contributed by atoms with Gasteiger partial charge in [0.05, 0.1) is 29.5 Å². The Labute approximate surface area is 177 Å². The van der Waals surface area contributed by atoms with Gasteiger partial charge in [0.15, 0.2) is 0 Å². The molecular formula is C21H22BrNO4S. The number of thioether (sulfide) groups is 1. The summed E-state index contributed by atoms with van der Waals surface area (Å²) >= 11 is 4.59. The Morgan fingerprint density at radius 1 is 1.04 bits per heavy atom. The first-order valence-electron chi connectivity index (χ1n) is 9.17. The fourth-order valence-electron chi connectivity index (χ4n) is 3.03. The lowest BCUT2D eigenvalue weighted by Crippen LogP contribution is -2.31. The molecule has 1 aliphatic rings. The molecule has 0 radical (unpaired) electrons. The van der Waals surface area contributed by atoms with Crippen molar-refractivity contribution in [3.8, 4) is 11.5 Å². The van der Waals surface area contributed by atoms with E-state index in [1.54, 1.807) is 0 Å². The van der Waals surface area contributed by atoms with Gasteiger partial charge in [-0.15, -0.1) is 0 Å². The Morgan fingerprint density at radius 2 is 1.71 bits per heavy atom. The number of amides is 2. The summed E-state index contributed by atoms with van der Waals surface area (Å²) in [6.07, 6.45) is 0.418. The molecule has 3 rings (SSSR count). The highest BCUT2D eigenvalue weighted by molar-refractivity contribution is 9.10. The molecule has 0 spiro atoms. The molecule has 0 aliphatic carbocycles. The van der Waals surface area contributed by atoms with Gasteiger partial charge in [-0.1, -0.05) is 42.1 Å². The number of ether oxygens (including phenoxy) is 2. The molecule has 5 nitrogen and oxygen atoms in total. The molecule has 1 aliphatic heterocycles. The number of imide groups is 1. The van der Waals surface area contributed by atoms with E-state index in [1.165, 1.54) is 4.90 Å². The predicted octanol–water partition coefficient (Wildman–Crippen LogP) is 5.05. The molecule has 0 unspecified atom stereocenters. The largest absolute Gasteiger partial charge is 0.493 e. The minimum absolute atomic E-state index is 0.161. The lowest BCUT2D eigenvalue weighted by atomic mass is 10.1. The van der Waals surface area contributed by atoms with Crippen LogP contribution in [0.3, 0.4) is 0 Å². The third kappa shape index (κ3) is 4.70. The average molecular weight is 464 g/mol. The zero-order valence-corrected chi connectivity index (χ0v) is 18.2. The number of hydrogen-bond acceptors (Lipinski definition) is 5.